The van der Waals surface area contributed by atoms with Gasteiger partial charge < -0.3 is 14.5 Å². The summed E-state index contributed by atoms with van der Waals surface area (Å²) < 4.78 is 9.55. The lowest BCUT2D eigenvalue weighted by molar-refractivity contribution is 0.488. The molecule has 294 valence electrons. The largest absolute Gasteiger partial charge is 0.458 e. The summed E-state index contributed by atoms with van der Waals surface area (Å²) in [6.45, 7) is -0.00784. The quantitative estimate of drug-likeness (QED) is 0.155. The minimum Gasteiger partial charge on any atom is -0.458 e. The molecule has 13 rings (SSSR count). The topological polar surface area (TPSA) is 15.7 Å². The second-order valence-corrected chi connectivity index (χ2v) is 17.6. The van der Waals surface area contributed by atoms with E-state index in [0.29, 0.717) is 0 Å². The van der Waals surface area contributed by atoms with Crippen molar-refractivity contribution in [2.45, 2.75) is 0 Å². The smallest absolute Gasteiger partial charge is 0.256 e. The fraction of sp³-hybridized carbons (Fsp3) is 0. The number of para-hydroxylation sites is 2. The number of hydrogen-bond acceptors (Lipinski definition) is 4. The highest BCUT2D eigenvalue weighted by atomic mass is 32.1. The molecular weight excluding hydrogens is 784 g/mol. The highest BCUT2D eigenvalue weighted by molar-refractivity contribution is 7.26. The van der Waals surface area contributed by atoms with Gasteiger partial charge in [0.05, 0.1) is 0 Å². The molecule has 0 atom stereocenters. The van der Waals surface area contributed by atoms with Gasteiger partial charge >= 0.3 is 0 Å². The van der Waals surface area contributed by atoms with E-state index in [1.165, 1.54) is 75.3 Å². The SMILES string of the molecule is c1ccc(-c2cccc(N3c4cc(-c5ccccc5)ccc4B4c5cc6sc7cc8cc(N(c9ccccc9)c9ccccc9)ccc8cc7c6cc5Oc5cccc3c54)c2)cc1. The summed E-state index contributed by atoms with van der Waals surface area (Å²) >= 11 is 1.87. The van der Waals surface area contributed by atoms with Crippen LogP contribution in [-0.2, 0) is 0 Å². The van der Waals surface area contributed by atoms with Crippen molar-refractivity contribution in [2.75, 3.05) is 9.80 Å². The third kappa shape index (κ3) is 5.89. The normalized spacial score (nSPS) is 12.5. The Morgan fingerprint density at radius 1 is 0.397 bits per heavy atom. The first-order valence-corrected chi connectivity index (χ1v) is 22.3. The first kappa shape index (κ1) is 35.9. The molecule has 11 aromatic rings. The predicted molar refractivity (Wildman–Crippen MR) is 268 cm³/mol. The number of rotatable bonds is 6. The summed E-state index contributed by atoms with van der Waals surface area (Å²) in [6.07, 6.45) is 0. The van der Waals surface area contributed by atoms with Crippen molar-refractivity contribution in [3.05, 3.63) is 224 Å². The Kier molecular flexibility index (Phi) is 8.18. The molecule has 3 heterocycles. The van der Waals surface area contributed by atoms with E-state index in [9.17, 15) is 0 Å². The van der Waals surface area contributed by atoms with Crippen molar-refractivity contribution in [3.8, 4) is 33.8 Å². The van der Waals surface area contributed by atoms with Crippen molar-refractivity contribution in [1.82, 2.24) is 0 Å². The molecule has 0 bridgehead atoms. The summed E-state index contributed by atoms with van der Waals surface area (Å²) in [6, 6.07) is 81.5. The second kappa shape index (κ2) is 14.4. The van der Waals surface area contributed by atoms with Gasteiger partial charge in [0.2, 0.25) is 0 Å². The van der Waals surface area contributed by atoms with Gasteiger partial charge in [-0.3, -0.25) is 0 Å². The van der Waals surface area contributed by atoms with E-state index < -0.39 is 0 Å². The third-order valence-corrected chi connectivity index (χ3v) is 14.0. The summed E-state index contributed by atoms with van der Waals surface area (Å²) in [4.78, 5) is 4.78. The molecule has 1 aromatic heterocycles. The first-order chi connectivity index (χ1) is 31.2. The van der Waals surface area contributed by atoms with Crippen LogP contribution in [0.3, 0.4) is 0 Å². The van der Waals surface area contributed by atoms with Crippen molar-refractivity contribution in [3.63, 3.8) is 0 Å². The molecule has 0 fully saturated rings. The Labute approximate surface area is 370 Å². The van der Waals surface area contributed by atoms with Crippen LogP contribution in [0.25, 0.3) is 53.2 Å². The van der Waals surface area contributed by atoms with Gasteiger partial charge in [-0.25, -0.2) is 0 Å². The van der Waals surface area contributed by atoms with Crippen LogP contribution in [0.4, 0.5) is 34.1 Å². The van der Waals surface area contributed by atoms with Crippen molar-refractivity contribution < 1.29 is 4.74 Å². The van der Waals surface area contributed by atoms with Gasteiger partial charge in [-0.15, -0.1) is 11.3 Å². The monoisotopic (exact) mass is 820 g/mol. The summed E-state index contributed by atoms with van der Waals surface area (Å²) in [7, 11) is 0. The lowest BCUT2D eigenvalue weighted by Crippen LogP contribution is -2.59. The molecular formula is C58H37BN2OS. The Morgan fingerprint density at radius 2 is 1.03 bits per heavy atom. The summed E-state index contributed by atoms with van der Waals surface area (Å²) in [5, 5.41) is 4.91. The first-order valence-electron chi connectivity index (χ1n) is 21.5. The van der Waals surface area contributed by atoms with Crippen LogP contribution in [0.15, 0.2) is 224 Å². The van der Waals surface area contributed by atoms with E-state index in [1.54, 1.807) is 0 Å². The molecule has 0 saturated heterocycles. The van der Waals surface area contributed by atoms with Crippen LogP contribution in [0, 0.1) is 0 Å². The standard InChI is InChI=1S/C58H37BN2OS/c1-5-15-38(16-6-1)40-19-13-24-46(31-40)61-52-25-14-26-54-58(52)59(50-30-28-42(34-53(50)61)39-17-7-2-8-18-39)51-37-57-49(36-55(51)62-54)48-33-41-27-29-47(32-43(41)35-56(48)63-57)60(44-20-9-3-10-21-44)45-22-11-4-12-23-45/h1-37H. The lowest BCUT2D eigenvalue weighted by Gasteiger charge is -2.40. The molecule has 2 aliphatic rings. The van der Waals surface area contributed by atoms with Gasteiger partial charge in [0.1, 0.15) is 11.5 Å². The summed E-state index contributed by atoms with van der Waals surface area (Å²) in [5.74, 6) is 1.83. The molecule has 0 radical (unpaired) electrons. The third-order valence-electron chi connectivity index (χ3n) is 12.8. The van der Waals surface area contributed by atoms with Crippen LogP contribution in [0.5, 0.6) is 11.5 Å². The van der Waals surface area contributed by atoms with E-state index in [2.05, 4.69) is 234 Å². The lowest BCUT2D eigenvalue weighted by atomic mass is 9.34. The van der Waals surface area contributed by atoms with Gasteiger partial charge in [-0.2, -0.15) is 0 Å². The number of fused-ring (bicyclic) bond motifs is 8. The molecule has 0 spiro atoms. The van der Waals surface area contributed by atoms with Gasteiger partial charge in [-0.1, -0.05) is 133 Å². The zero-order valence-electron chi connectivity index (χ0n) is 34.2. The van der Waals surface area contributed by atoms with Crippen molar-refractivity contribution in [2.24, 2.45) is 0 Å². The van der Waals surface area contributed by atoms with Crippen LogP contribution in [0.1, 0.15) is 0 Å². The van der Waals surface area contributed by atoms with Crippen LogP contribution >= 0.6 is 11.3 Å². The van der Waals surface area contributed by atoms with E-state index >= 15 is 0 Å². The highest BCUT2D eigenvalue weighted by Crippen LogP contribution is 2.45. The average molecular weight is 821 g/mol. The molecule has 5 heteroatoms. The molecule has 0 N–H and O–H groups in total. The number of ether oxygens (including phenoxy) is 1. The Balaban J connectivity index is 0.970. The zero-order valence-corrected chi connectivity index (χ0v) is 35.0. The molecule has 63 heavy (non-hydrogen) atoms. The highest BCUT2D eigenvalue weighted by Gasteiger charge is 2.42. The number of thiophene rings is 1. The fourth-order valence-corrected chi connectivity index (χ4v) is 11.1. The van der Waals surface area contributed by atoms with E-state index in [4.69, 9.17) is 4.74 Å². The molecule has 0 saturated carbocycles. The maximum Gasteiger partial charge on any atom is 0.256 e. The van der Waals surface area contributed by atoms with Crippen LogP contribution in [-0.4, -0.2) is 6.71 Å². The predicted octanol–water partition coefficient (Wildman–Crippen LogP) is 14.4. The van der Waals surface area contributed by atoms with E-state index in [1.807, 2.05) is 11.3 Å². The Morgan fingerprint density at radius 3 is 1.76 bits per heavy atom. The second-order valence-electron chi connectivity index (χ2n) is 16.5. The van der Waals surface area contributed by atoms with E-state index in [0.717, 1.165) is 39.9 Å². The Bertz CT molecular complexity index is 3520. The van der Waals surface area contributed by atoms with Gasteiger partial charge in [0.15, 0.2) is 0 Å². The number of hydrogen-bond donors (Lipinski definition) is 0. The maximum absolute atomic E-state index is 7.02. The number of anilines is 6. The van der Waals surface area contributed by atoms with E-state index in [-0.39, 0.29) is 6.71 Å². The molecule has 10 aromatic carbocycles. The molecule has 0 aliphatic carbocycles. The van der Waals surface area contributed by atoms with Crippen molar-refractivity contribution in [1.29, 1.82) is 0 Å². The number of benzene rings is 10. The van der Waals surface area contributed by atoms with Crippen LogP contribution < -0.4 is 30.9 Å². The molecule has 3 nitrogen and oxygen atoms in total. The van der Waals surface area contributed by atoms with Crippen molar-refractivity contribution >= 4 is 99.5 Å². The molecule has 0 unspecified atom stereocenters. The summed E-state index contributed by atoms with van der Waals surface area (Å²) in [5.41, 5.74) is 15.3. The molecule has 0 amide bonds. The maximum atomic E-state index is 7.02. The minimum absolute atomic E-state index is 0.00784. The Hall–Kier alpha value is -7.86. The minimum atomic E-state index is -0.00784. The van der Waals surface area contributed by atoms with Gasteiger partial charge in [0.25, 0.3) is 6.71 Å². The average Bonchev–Trinajstić information content (AvgIpc) is 3.69. The molecule has 2 aliphatic heterocycles. The van der Waals surface area contributed by atoms with Gasteiger partial charge in [-0.05, 0) is 140 Å². The van der Waals surface area contributed by atoms with Gasteiger partial charge in [0, 0.05) is 54.3 Å². The zero-order chi connectivity index (χ0) is 41.4. The number of nitrogens with zero attached hydrogens (tertiary/aromatic N) is 2. The fourth-order valence-electron chi connectivity index (χ4n) is 9.96. The van der Waals surface area contributed by atoms with Crippen LogP contribution in [0.2, 0.25) is 0 Å².